The Hall–Kier alpha value is -2.77. The molecule has 1 atom stereocenters. The van der Waals surface area contributed by atoms with Gasteiger partial charge in [-0.25, -0.2) is 4.79 Å². The van der Waals surface area contributed by atoms with Crippen LogP contribution in [0.1, 0.15) is 26.2 Å². The first-order valence-electron chi connectivity index (χ1n) is 9.31. The minimum Gasteiger partial charge on any atom is -0.482 e. The number of fused-ring (bicyclic) bond motifs is 1. The predicted molar refractivity (Wildman–Crippen MR) is 98.7 cm³/mol. The lowest BCUT2D eigenvalue weighted by atomic mass is 10.1. The fraction of sp³-hybridized carbons (Fsp3) is 0.526. The molecule has 2 aliphatic heterocycles. The molecule has 0 unspecified atom stereocenters. The Labute approximate surface area is 158 Å². The van der Waals surface area contributed by atoms with Crippen molar-refractivity contribution in [1.29, 1.82) is 0 Å². The summed E-state index contributed by atoms with van der Waals surface area (Å²) >= 11 is 0. The number of carbonyl (C=O) groups is 3. The highest BCUT2D eigenvalue weighted by molar-refractivity contribution is 5.98. The van der Waals surface area contributed by atoms with Gasteiger partial charge in [0.15, 0.2) is 6.61 Å². The topological polar surface area (TPSA) is 88.2 Å². The van der Waals surface area contributed by atoms with E-state index in [0.717, 1.165) is 12.8 Å². The molecule has 3 rings (SSSR count). The van der Waals surface area contributed by atoms with Crippen LogP contribution in [0.5, 0.6) is 5.75 Å². The lowest BCUT2D eigenvalue weighted by Crippen LogP contribution is -2.50. The van der Waals surface area contributed by atoms with Crippen LogP contribution in [0.2, 0.25) is 0 Å². The monoisotopic (exact) mass is 375 g/mol. The summed E-state index contributed by atoms with van der Waals surface area (Å²) < 4.78 is 10.3. The van der Waals surface area contributed by atoms with Crippen molar-refractivity contribution in [2.24, 2.45) is 0 Å². The molecule has 1 saturated heterocycles. The van der Waals surface area contributed by atoms with Crippen LogP contribution < -0.4 is 15.0 Å². The van der Waals surface area contributed by atoms with Gasteiger partial charge in [0, 0.05) is 32.1 Å². The molecule has 0 bridgehead atoms. The number of nitrogens with zero attached hydrogens (tertiary/aromatic N) is 2. The molecule has 146 valence electrons. The van der Waals surface area contributed by atoms with E-state index in [1.807, 2.05) is 24.3 Å². The van der Waals surface area contributed by atoms with E-state index >= 15 is 0 Å². The lowest BCUT2D eigenvalue weighted by molar-refractivity contribution is -0.132. The maximum absolute atomic E-state index is 12.6. The van der Waals surface area contributed by atoms with Crippen LogP contribution in [0.15, 0.2) is 24.3 Å². The van der Waals surface area contributed by atoms with Crippen molar-refractivity contribution in [3.05, 3.63) is 24.3 Å². The first kappa shape index (κ1) is 19.0. The van der Waals surface area contributed by atoms with E-state index in [1.54, 1.807) is 16.7 Å². The highest BCUT2D eigenvalue weighted by Crippen LogP contribution is 2.31. The van der Waals surface area contributed by atoms with Crippen LogP contribution in [-0.2, 0) is 14.3 Å². The van der Waals surface area contributed by atoms with E-state index in [4.69, 9.17) is 9.47 Å². The second-order valence-corrected chi connectivity index (χ2v) is 6.60. The number of nitrogens with one attached hydrogen (secondary N) is 1. The molecule has 1 aromatic carbocycles. The number of amides is 3. The van der Waals surface area contributed by atoms with Gasteiger partial charge in [0.25, 0.3) is 5.91 Å². The highest BCUT2D eigenvalue weighted by atomic mass is 16.5. The number of piperidine rings is 1. The maximum Gasteiger partial charge on any atom is 0.407 e. The van der Waals surface area contributed by atoms with Gasteiger partial charge in [-0.05, 0) is 31.9 Å². The first-order chi connectivity index (χ1) is 13.1. The summed E-state index contributed by atoms with van der Waals surface area (Å²) in [5, 5.41) is 2.79. The van der Waals surface area contributed by atoms with E-state index in [1.165, 1.54) is 0 Å². The summed E-state index contributed by atoms with van der Waals surface area (Å²) in [5.74, 6) is 0.477. The summed E-state index contributed by atoms with van der Waals surface area (Å²) in [4.78, 5) is 39.8. The summed E-state index contributed by atoms with van der Waals surface area (Å²) in [6.07, 6.45) is 1.42. The zero-order valence-electron chi connectivity index (χ0n) is 15.5. The van der Waals surface area contributed by atoms with Crippen LogP contribution in [-0.4, -0.2) is 61.7 Å². The van der Waals surface area contributed by atoms with Crippen LogP contribution in [0.3, 0.4) is 0 Å². The van der Waals surface area contributed by atoms with E-state index < -0.39 is 6.09 Å². The maximum atomic E-state index is 12.6. The number of alkyl carbamates (subject to hydrolysis) is 1. The molecule has 1 aromatic rings. The van der Waals surface area contributed by atoms with Crippen molar-refractivity contribution in [2.75, 3.05) is 37.7 Å². The fourth-order valence-corrected chi connectivity index (χ4v) is 3.43. The molecule has 0 saturated carbocycles. The van der Waals surface area contributed by atoms with Gasteiger partial charge < -0.3 is 24.6 Å². The average molecular weight is 375 g/mol. The Morgan fingerprint density at radius 3 is 2.96 bits per heavy atom. The lowest BCUT2D eigenvalue weighted by Gasteiger charge is -2.34. The molecule has 2 aliphatic rings. The average Bonchev–Trinajstić information content (AvgIpc) is 2.67. The predicted octanol–water partition coefficient (Wildman–Crippen LogP) is 1.54. The highest BCUT2D eigenvalue weighted by Gasteiger charge is 2.28. The van der Waals surface area contributed by atoms with E-state index in [2.05, 4.69) is 5.32 Å². The summed E-state index contributed by atoms with van der Waals surface area (Å²) in [6, 6.07) is 7.21. The number of likely N-dealkylation sites (tertiary alicyclic amines) is 1. The Balaban J connectivity index is 1.55. The Kier molecular flexibility index (Phi) is 6.16. The van der Waals surface area contributed by atoms with Gasteiger partial charge in [0.05, 0.1) is 12.3 Å². The SMILES string of the molecule is CCOC(=O)N[C@@H]1CCCN(C(=O)CCN2C(=O)COc3ccccc32)C1. The van der Waals surface area contributed by atoms with Crippen molar-refractivity contribution >= 4 is 23.6 Å². The number of anilines is 1. The van der Waals surface area contributed by atoms with E-state index in [0.29, 0.717) is 37.7 Å². The Bertz CT molecular complexity index is 708. The third-order valence-corrected chi connectivity index (χ3v) is 4.73. The molecular formula is C19H25N3O5. The van der Waals surface area contributed by atoms with Crippen molar-refractivity contribution in [1.82, 2.24) is 10.2 Å². The molecular weight excluding hydrogens is 350 g/mol. The molecule has 0 radical (unpaired) electrons. The molecule has 8 heteroatoms. The van der Waals surface area contributed by atoms with Crippen molar-refractivity contribution in [3.63, 3.8) is 0 Å². The van der Waals surface area contributed by atoms with Crippen molar-refractivity contribution in [3.8, 4) is 5.75 Å². The van der Waals surface area contributed by atoms with Crippen LogP contribution in [0, 0.1) is 0 Å². The standard InChI is InChI=1S/C19H25N3O5/c1-2-26-19(25)20-14-6-5-10-21(12-14)17(23)9-11-22-15-7-3-4-8-16(15)27-13-18(22)24/h3-4,7-8,14H,2,5-6,9-13H2,1H3,(H,20,25)/t14-/m1/s1. The second kappa shape index (κ2) is 8.75. The van der Waals surface area contributed by atoms with Gasteiger partial charge in [-0.3, -0.25) is 9.59 Å². The number of carbonyl (C=O) groups excluding carboxylic acids is 3. The van der Waals surface area contributed by atoms with Gasteiger partial charge in [0.1, 0.15) is 5.75 Å². The van der Waals surface area contributed by atoms with Crippen LogP contribution in [0.25, 0.3) is 0 Å². The number of ether oxygens (including phenoxy) is 2. The molecule has 0 aromatic heterocycles. The summed E-state index contributed by atoms with van der Waals surface area (Å²) in [6.45, 7) is 3.49. The van der Waals surface area contributed by atoms with Crippen LogP contribution >= 0.6 is 0 Å². The van der Waals surface area contributed by atoms with E-state index in [9.17, 15) is 14.4 Å². The van der Waals surface area contributed by atoms with Crippen LogP contribution in [0.4, 0.5) is 10.5 Å². The van der Waals surface area contributed by atoms with Gasteiger partial charge >= 0.3 is 6.09 Å². The number of hydrogen-bond donors (Lipinski definition) is 1. The second-order valence-electron chi connectivity index (χ2n) is 6.60. The first-order valence-corrected chi connectivity index (χ1v) is 9.31. The minimum atomic E-state index is -0.452. The molecule has 0 spiro atoms. The van der Waals surface area contributed by atoms with Crippen molar-refractivity contribution < 1.29 is 23.9 Å². The largest absolute Gasteiger partial charge is 0.482 e. The minimum absolute atomic E-state index is 0.0134. The molecule has 3 amide bonds. The molecule has 0 aliphatic carbocycles. The third kappa shape index (κ3) is 4.69. The third-order valence-electron chi connectivity index (χ3n) is 4.73. The molecule has 1 fully saturated rings. The molecule has 8 nitrogen and oxygen atoms in total. The zero-order valence-corrected chi connectivity index (χ0v) is 15.5. The number of rotatable bonds is 5. The quantitative estimate of drug-likeness (QED) is 0.843. The van der Waals surface area contributed by atoms with Crippen molar-refractivity contribution in [2.45, 2.75) is 32.2 Å². The molecule has 27 heavy (non-hydrogen) atoms. The number of hydrogen-bond acceptors (Lipinski definition) is 5. The van der Waals surface area contributed by atoms with Gasteiger partial charge in [-0.15, -0.1) is 0 Å². The molecule has 1 N–H and O–H groups in total. The fourth-order valence-electron chi connectivity index (χ4n) is 3.43. The Morgan fingerprint density at radius 1 is 1.33 bits per heavy atom. The zero-order chi connectivity index (χ0) is 19.2. The van der Waals surface area contributed by atoms with E-state index in [-0.39, 0.29) is 30.9 Å². The smallest absolute Gasteiger partial charge is 0.407 e. The summed E-state index contributed by atoms with van der Waals surface area (Å²) in [5.41, 5.74) is 0.696. The van der Waals surface area contributed by atoms with Gasteiger partial charge in [-0.2, -0.15) is 0 Å². The van der Waals surface area contributed by atoms with Gasteiger partial charge in [0.2, 0.25) is 5.91 Å². The normalized spacial score (nSPS) is 19.1. The number of para-hydroxylation sites is 2. The molecule has 2 heterocycles. The van der Waals surface area contributed by atoms with Gasteiger partial charge in [-0.1, -0.05) is 12.1 Å². The summed E-state index contributed by atoms with van der Waals surface area (Å²) in [7, 11) is 0. The Morgan fingerprint density at radius 2 is 2.15 bits per heavy atom. The number of benzene rings is 1.